The highest BCUT2D eigenvalue weighted by atomic mass is 16.5. The smallest absolute Gasteiger partial charge is 0.239 e. The summed E-state index contributed by atoms with van der Waals surface area (Å²) in [5.41, 5.74) is -1.12. The zero-order valence-corrected chi connectivity index (χ0v) is 45.5. The van der Waals surface area contributed by atoms with Crippen LogP contribution in [0.2, 0.25) is 0 Å². The van der Waals surface area contributed by atoms with Crippen molar-refractivity contribution in [1.82, 2.24) is 0 Å². The molecule has 3 heterocycles. The van der Waals surface area contributed by atoms with Crippen LogP contribution in [-0.4, -0.2) is 81.6 Å². The molecule has 426 valence electrons. The maximum atomic E-state index is 13.9. The van der Waals surface area contributed by atoms with E-state index < -0.39 is 45.4 Å². The van der Waals surface area contributed by atoms with E-state index in [0.29, 0.717) is 45.3 Å². The number of ether oxygens (including phenoxy) is 5. The van der Waals surface area contributed by atoms with Crippen LogP contribution in [0.3, 0.4) is 0 Å². The van der Waals surface area contributed by atoms with Crippen molar-refractivity contribution in [3.8, 4) is 120 Å². The number of benzene rings is 6. The molecule has 21 heteroatoms. The molecule has 0 unspecified atom stereocenters. The van der Waals surface area contributed by atoms with Gasteiger partial charge >= 0.3 is 0 Å². The summed E-state index contributed by atoms with van der Waals surface area (Å²) in [7, 11) is 0. The van der Waals surface area contributed by atoms with Gasteiger partial charge in [0.15, 0.2) is 51.8 Å². The summed E-state index contributed by atoms with van der Waals surface area (Å²) in [6, 6.07) is 20.2. The van der Waals surface area contributed by atoms with Crippen molar-refractivity contribution in [2.75, 3.05) is 0 Å². The Morgan fingerprint density at radius 1 is 0.333 bits per heavy atom. The van der Waals surface area contributed by atoms with Crippen LogP contribution in [0.25, 0.3) is 66.9 Å². The highest BCUT2D eigenvalue weighted by Crippen LogP contribution is 2.43. The summed E-state index contributed by atoms with van der Waals surface area (Å²) in [5.74, 6) is -2.91. The second-order valence-corrected chi connectivity index (χ2v) is 19.7. The maximum absolute atomic E-state index is 13.9. The lowest BCUT2D eigenvalue weighted by molar-refractivity contribution is 0.199. The molecular formula is C60H60O21. The monoisotopic (exact) mass is 1120 g/mol. The van der Waals surface area contributed by atoms with Gasteiger partial charge in [0, 0.05) is 53.1 Å². The summed E-state index contributed by atoms with van der Waals surface area (Å²) < 4.78 is 47.1. The SMILES string of the molecule is CC(C)Oc1cc(OC(C)C)c2c(=O)c(OC(C)C)c(-c3ccc(OC(C)C)c(OC(C)C)c3)oc2c1.O=c1c(O)c(-c2ccc(O)c(O)c2)oc2cc(O)cc(O)c12.O=c1c(O)c(-c2ccc(O)c(O)c2)oc2cc(O)cc(O)c12. The molecule has 0 amide bonds. The average Bonchev–Trinajstić information content (AvgIpc) is 3.04. The molecule has 10 N–H and O–H groups in total. The van der Waals surface area contributed by atoms with Crippen molar-refractivity contribution in [3.05, 3.63) is 122 Å². The molecule has 0 aliphatic heterocycles. The van der Waals surface area contributed by atoms with Crippen molar-refractivity contribution in [2.45, 2.75) is 99.8 Å². The fraction of sp³-hybridized carbons (Fsp3) is 0.250. The molecule has 81 heavy (non-hydrogen) atoms. The maximum Gasteiger partial charge on any atom is 0.239 e. The van der Waals surface area contributed by atoms with E-state index in [0.717, 1.165) is 48.5 Å². The Morgan fingerprint density at radius 3 is 1.17 bits per heavy atom. The zero-order valence-electron chi connectivity index (χ0n) is 45.5. The summed E-state index contributed by atoms with van der Waals surface area (Å²) in [6.07, 6.45) is -0.588. The molecule has 9 rings (SSSR count). The van der Waals surface area contributed by atoms with E-state index in [2.05, 4.69) is 0 Å². The van der Waals surface area contributed by atoms with E-state index in [9.17, 15) is 65.4 Å². The van der Waals surface area contributed by atoms with Crippen molar-refractivity contribution in [3.63, 3.8) is 0 Å². The topological polar surface area (TPSA) is 339 Å². The number of phenols is 8. The highest BCUT2D eigenvalue weighted by Gasteiger charge is 2.26. The number of fused-ring (bicyclic) bond motifs is 3. The van der Waals surface area contributed by atoms with Gasteiger partial charge < -0.3 is 88.0 Å². The van der Waals surface area contributed by atoms with Crippen molar-refractivity contribution >= 4 is 32.9 Å². The van der Waals surface area contributed by atoms with Gasteiger partial charge in [0.05, 0.1) is 30.5 Å². The molecule has 0 aliphatic rings. The van der Waals surface area contributed by atoms with Crippen LogP contribution in [0.4, 0.5) is 0 Å². The molecule has 0 saturated heterocycles. The van der Waals surface area contributed by atoms with Crippen LogP contribution in [0, 0.1) is 0 Å². The third-order valence-corrected chi connectivity index (χ3v) is 11.3. The largest absolute Gasteiger partial charge is 0.508 e. The number of phenolic OH excluding ortho intramolecular Hbond substituents is 8. The summed E-state index contributed by atoms with van der Waals surface area (Å²) in [6.45, 7) is 19.2. The standard InChI is InChI=1S/C30H40O7.2C15H10O7/c1-16(2)32-22-14-25(35-19(7)8)27-26(15-22)37-29(30(28(27)31)36-20(9)10)21-11-12-23(33-17(3)4)24(13-21)34-18(5)6;2*16-7-4-10(19)12-11(5-7)22-15(14(21)13(12)20)6-1-2-8(17)9(18)3-6/h11-20H,1-10H3;2*1-5,16-19,21H. The molecule has 3 aromatic heterocycles. The van der Waals surface area contributed by atoms with Crippen LogP contribution < -0.4 is 40.0 Å². The second-order valence-electron chi connectivity index (χ2n) is 19.7. The van der Waals surface area contributed by atoms with E-state index >= 15 is 0 Å². The number of rotatable bonds is 13. The minimum atomic E-state index is -0.888. The van der Waals surface area contributed by atoms with E-state index in [1.54, 1.807) is 12.1 Å². The molecule has 21 nitrogen and oxygen atoms in total. The number of hydrogen-bond acceptors (Lipinski definition) is 21. The quantitative estimate of drug-likeness (QED) is 0.0479. The number of aromatic hydroxyl groups is 10. The third kappa shape index (κ3) is 13.1. The van der Waals surface area contributed by atoms with E-state index in [1.165, 1.54) is 12.1 Å². The molecule has 0 radical (unpaired) electrons. The Bertz CT molecular complexity index is 3840. The van der Waals surface area contributed by atoms with E-state index in [1.807, 2.05) is 87.4 Å². The van der Waals surface area contributed by atoms with Gasteiger partial charge in [0.1, 0.15) is 67.4 Å². The van der Waals surface area contributed by atoms with Gasteiger partial charge in [-0.15, -0.1) is 0 Å². The van der Waals surface area contributed by atoms with Gasteiger partial charge in [-0.2, -0.15) is 0 Å². The van der Waals surface area contributed by atoms with Gasteiger partial charge in [0.25, 0.3) is 0 Å². The minimum absolute atomic E-state index is 0.0300. The molecule has 0 bridgehead atoms. The first-order valence-electron chi connectivity index (χ1n) is 25.2. The van der Waals surface area contributed by atoms with Gasteiger partial charge in [-0.05, 0) is 124 Å². The molecule has 0 saturated carbocycles. The Morgan fingerprint density at radius 2 is 0.728 bits per heavy atom. The van der Waals surface area contributed by atoms with Crippen LogP contribution in [0.1, 0.15) is 69.2 Å². The predicted molar refractivity (Wildman–Crippen MR) is 299 cm³/mol. The van der Waals surface area contributed by atoms with Gasteiger partial charge in [-0.3, -0.25) is 14.4 Å². The fourth-order valence-electron chi connectivity index (χ4n) is 8.08. The van der Waals surface area contributed by atoms with E-state index in [-0.39, 0.29) is 109 Å². The van der Waals surface area contributed by atoms with Gasteiger partial charge in [-0.25, -0.2) is 0 Å². The van der Waals surface area contributed by atoms with Crippen LogP contribution >= 0.6 is 0 Å². The molecule has 0 spiro atoms. The first-order chi connectivity index (χ1) is 38.1. The lowest BCUT2D eigenvalue weighted by Crippen LogP contribution is -2.17. The molecule has 0 fully saturated rings. The van der Waals surface area contributed by atoms with Gasteiger partial charge in [-0.1, -0.05) is 0 Å². The minimum Gasteiger partial charge on any atom is -0.508 e. The highest BCUT2D eigenvalue weighted by molar-refractivity contribution is 5.91. The van der Waals surface area contributed by atoms with Crippen LogP contribution in [0.15, 0.2) is 119 Å². The Labute approximate surface area is 461 Å². The summed E-state index contributed by atoms with van der Waals surface area (Å²) in [5, 5.41) is 95.6. The van der Waals surface area contributed by atoms with E-state index in [4.69, 9.17) is 36.9 Å². The summed E-state index contributed by atoms with van der Waals surface area (Å²) >= 11 is 0. The van der Waals surface area contributed by atoms with Crippen molar-refractivity contribution in [2.24, 2.45) is 0 Å². The Hall–Kier alpha value is -10.1. The van der Waals surface area contributed by atoms with Crippen molar-refractivity contribution in [1.29, 1.82) is 0 Å². The normalized spacial score (nSPS) is 11.3. The molecule has 0 atom stereocenters. The zero-order chi connectivity index (χ0) is 59.5. The average molecular weight is 1120 g/mol. The predicted octanol–water partition coefficient (Wildman–Crippen LogP) is 11.4. The molecular weight excluding hydrogens is 1060 g/mol. The first kappa shape index (κ1) is 58.6. The molecule has 6 aromatic carbocycles. The number of hydrogen-bond donors (Lipinski definition) is 10. The van der Waals surface area contributed by atoms with Gasteiger partial charge in [0.2, 0.25) is 33.5 Å². The second kappa shape index (κ2) is 23.9. The van der Waals surface area contributed by atoms with Crippen LogP contribution in [-0.2, 0) is 0 Å². The lowest BCUT2D eigenvalue weighted by atomic mass is 10.1. The lowest BCUT2D eigenvalue weighted by Gasteiger charge is -2.20. The fourth-order valence-corrected chi connectivity index (χ4v) is 8.08. The van der Waals surface area contributed by atoms with Crippen LogP contribution in [0.5, 0.6) is 86.2 Å². The molecule has 9 aromatic rings. The Balaban J connectivity index is 0.000000185. The molecule has 0 aliphatic carbocycles. The summed E-state index contributed by atoms with van der Waals surface area (Å²) in [4.78, 5) is 38.2. The Kier molecular flexibility index (Phi) is 17.3. The third-order valence-electron chi connectivity index (χ3n) is 11.3. The van der Waals surface area contributed by atoms with Crippen molar-refractivity contribution < 1.29 is 88.0 Å². The first-order valence-corrected chi connectivity index (χ1v) is 25.2.